The summed E-state index contributed by atoms with van der Waals surface area (Å²) in [5, 5.41) is 1.18. The molecule has 0 spiro atoms. The summed E-state index contributed by atoms with van der Waals surface area (Å²) < 4.78 is 8.05. The maximum atomic E-state index is 5.81. The molecule has 2 aromatic heterocycles. The van der Waals surface area contributed by atoms with E-state index in [0.29, 0.717) is 0 Å². The third-order valence-corrected chi connectivity index (χ3v) is 3.34. The fourth-order valence-corrected chi connectivity index (χ4v) is 2.36. The first-order valence-corrected chi connectivity index (χ1v) is 6.98. The number of pyridine rings is 1. The highest BCUT2D eigenvalue weighted by Crippen LogP contribution is 2.27. The third-order valence-electron chi connectivity index (χ3n) is 3.34. The predicted octanol–water partition coefficient (Wildman–Crippen LogP) is 3.87. The van der Waals surface area contributed by atoms with Crippen LogP contribution in [0.25, 0.3) is 10.9 Å². The number of ether oxygens (including phenoxy) is 1. The molecule has 3 nitrogen and oxygen atoms in total. The van der Waals surface area contributed by atoms with E-state index in [9.17, 15) is 0 Å². The van der Waals surface area contributed by atoms with E-state index in [2.05, 4.69) is 40.9 Å². The van der Waals surface area contributed by atoms with Gasteiger partial charge in [0.15, 0.2) is 0 Å². The third kappa shape index (κ3) is 2.52. The summed E-state index contributed by atoms with van der Waals surface area (Å²) in [6.07, 6.45) is 6.80. The van der Waals surface area contributed by atoms with Crippen molar-refractivity contribution >= 4 is 10.9 Å². The molecule has 3 heteroatoms. The van der Waals surface area contributed by atoms with E-state index < -0.39 is 0 Å². The molecule has 0 radical (unpaired) electrons. The summed E-state index contributed by atoms with van der Waals surface area (Å²) in [5.41, 5.74) is 2.45. The first-order valence-electron chi connectivity index (χ1n) is 6.98. The second-order valence-electron chi connectivity index (χ2n) is 4.84. The van der Waals surface area contributed by atoms with Crippen molar-refractivity contribution in [2.24, 2.45) is 0 Å². The Morgan fingerprint density at radius 1 is 1.10 bits per heavy atom. The van der Waals surface area contributed by atoms with E-state index >= 15 is 0 Å². The molecule has 0 aliphatic heterocycles. The van der Waals surface area contributed by atoms with Crippen molar-refractivity contribution in [1.82, 2.24) is 9.55 Å². The lowest BCUT2D eigenvalue weighted by atomic mass is 10.2. The van der Waals surface area contributed by atoms with Gasteiger partial charge in [0.05, 0.1) is 12.1 Å². The van der Waals surface area contributed by atoms with Crippen molar-refractivity contribution in [1.29, 1.82) is 0 Å². The lowest BCUT2D eigenvalue weighted by Gasteiger charge is -2.08. The van der Waals surface area contributed by atoms with E-state index in [1.807, 2.05) is 30.6 Å². The monoisotopic (exact) mass is 266 g/mol. The standard InChI is InChI=1S/C17H18N2O/c1-2-12-20-17-5-3-4-16-15(17)8-11-19(16)13-14-6-9-18-10-7-14/h3-11H,2,12-13H2,1H3. The quantitative estimate of drug-likeness (QED) is 0.701. The molecule has 0 saturated heterocycles. The molecular formula is C17H18N2O. The number of nitrogens with zero attached hydrogens (tertiary/aromatic N) is 2. The Morgan fingerprint density at radius 3 is 2.75 bits per heavy atom. The second kappa shape index (κ2) is 5.78. The maximum Gasteiger partial charge on any atom is 0.128 e. The molecule has 3 rings (SSSR count). The van der Waals surface area contributed by atoms with Gasteiger partial charge >= 0.3 is 0 Å². The lowest BCUT2D eigenvalue weighted by Crippen LogP contribution is -1.98. The minimum Gasteiger partial charge on any atom is -0.493 e. The predicted molar refractivity (Wildman–Crippen MR) is 81.1 cm³/mol. The van der Waals surface area contributed by atoms with Gasteiger partial charge in [-0.3, -0.25) is 4.98 Å². The largest absolute Gasteiger partial charge is 0.493 e. The van der Waals surface area contributed by atoms with Gasteiger partial charge in [-0.1, -0.05) is 13.0 Å². The van der Waals surface area contributed by atoms with Gasteiger partial charge in [0, 0.05) is 30.5 Å². The van der Waals surface area contributed by atoms with Gasteiger partial charge in [0.2, 0.25) is 0 Å². The van der Waals surface area contributed by atoms with Gasteiger partial charge in [-0.05, 0) is 42.3 Å². The first kappa shape index (κ1) is 12.7. The van der Waals surface area contributed by atoms with Gasteiger partial charge in [0.25, 0.3) is 0 Å². The summed E-state index contributed by atoms with van der Waals surface area (Å²) in [4.78, 5) is 4.06. The number of hydrogen-bond donors (Lipinski definition) is 0. The average molecular weight is 266 g/mol. The van der Waals surface area contributed by atoms with Crippen molar-refractivity contribution in [3.63, 3.8) is 0 Å². The number of hydrogen-bond acceptors (Lipinski definition) is 2. The van der Waals surface area contributed by atoms with Crippen molar-refractivity contribution in [2.45, 2.75) is 19.9 Å². The van der Waals surface area contributed by atoms with Crippen LogP contribution in [0.5, 0.6) is 5.75 Å². The van der Waals surface area contributed by atoms with E-state index in [0.717, 1.165) is 25.3 Å². The van der Waals surface area contributed by atoms with Gasteiger partial charge in [-0.2, -0.15) is 0 Å². The van der Waals surface area contributed by atoms with Crippen LogP contribution in [0, 0.1) is 0 Å². The Hall–Kier alpha value is -2.29. The fourth-order valence-electron chi connectivity index (χ4n) is 2.36. The lowest BCUT2D eigenvalue weighted by molar-refractivity contribution is 0.321. The second-order valence-corrected chi connectivity index (χ2v) is 4.84. The molecule has 3 aromatic rings. The molecule has 0 aliphatic carbocycles. The molecule has 0 fully saturated rings. The van der Waals surface area contributed by atoms with Crippen LogP contribution < -0.4 is 4.74 Å². The van der Waals surface area contributed by atoms with Gasteiger partial charge in [-0.15, -0.1) is 0 Å². The zero-order chi connectivity index (χ0) is 13.8. The summed E-state index contributed by atoms with van der Waals surface area (Å²) in [5.74, 6) is 0.970. The molecule has 0 aliphatic rings. The Labute approximate surface area is 118 Å². The Balaban J connectivity index is 1.93. The molecule has 0 bridgehead atoms. The highest BCUT2D eigenvalue weighted by atomic mass is 16.5. The number of fused-ring (bicyclic) bond motifs is 1. The fraction of sp³-hybridized carbons (Fsp3) is 0.235. The Morgan fingerprint density at radius 2 is 1.95 bits per heavy atom. The van der Waals surface area contributed by atoms with Crippen LogP contribution in [0.2, 0.25) is 0 Å². The van der Waals surface area contributed by atoms with E-state index in [4.69, 9.17) is 4.74 Å². The van der Waals surface area contributed by atoms with Crippen LogP contribution in [0.3, 0.4) is 0 Å². The highest BCUT2D eigenvalue weighted by molar-refractivity contribution is 5.86. The summed E-state index contributed by atoms with van der Waals surface area (Å²) in [7, 11) is 0. The molecular weight excluding hydrogens is 248 g/mol. The normalized spacial score (nSPS) is 10.8. The minimum atomic E-state index is 0.759. The maximum absolute atomic E-state index is 5.81. The van der Waals surface area contributed by atoms with Crippen molar-refractivity contribution in [3.8, 4) is 5.75 Å². The number of aromatic nitrogens is 2. The molecule has 2 heterocycles. The molecule has 0 unspecified atom stereocenters. The molecule has 0 atom stereocenters. The highest BCUT2D eigenvalue weighted by Gasteiger charge is 2.06. The minimum absolute atomic E-state index is 0.759. The zero-order valence-electron chi connectivity index (χ0n) is 11.6. The Kier molecular flexibility index (Phi) is 3.68. The number of benzene rings is 1. The average Bonchev–Trinajstić information content (AvgIpc) is 2.90. The van der Waals surface area contributed by atoms with Gasteiger partial charge < -0.3 is 9.30 Å². The van der Waals surface area contributed by atoms with E-state index in [1.54, 1.807) is 0 Å². The van der Waals surface area contributed by atoms with Crippen LogP contribution in [0.15, 0.2) is 55.0 Å². The van der Waals surface area contributed by atoms with Crippen LogP contribution in [-0.2, 0) is 6.54 Å². The van der Waals surface area contributed by atoms with Crippen molar-refractivity contribution in [3.05, 3.63) is 60.6 Å². The number of rotatable bonds is 5. The van der Waals surface area contributed by atoms with Gasteiger partial charge in [-0.25, -0.2) is 0 Å². The molecule has 102 valence electrons. The van der Waals surface area contributed by atoms with Crippen LogP contribution in [0.4, 0.5) is 0 Å². The van der Waals surface area contributed by atoms with Crippen molar-refractivity contribution < 1.29 is 4.74 Å². The van der Waals surface area contributed by atoms with E-state index in [-0.39, 0.29) is 0 Å². The summed E-state index contributed by atoms with van der Waals surface area (Å²) in [6.45, 7) is 3.73. The topological polar surface area (TPSA) is 27.1 Å². The van der Waals surface area contributed by atoms with Crippen LogP contribution in [-0.4, -0.2) is 16.2 Å². The SMILES string of the molecule is CCCOc1cccc2c1ccn2Cc1ccncc1. The molecule has 20 heavy (non-hydrogen) atoms. The van der Waals surface area contributed by atoms with E-state index in [1.165, 1.54) is 16.5 Å². The first-order chi connectivity index (χ1) is 9.88. The summed E-state index contributed by atoms with van der Waals surface area (Å²) >= 11 is 0. The van der Waals surface area contributed by atoms with Crippen molar-refractivity contribution in [2.75, 3.05) is 6.61 Å². The van der Waals surface area contributed by atoms with Gasteiger partial charge in [0.1, 0.15) is 5.75 Å². The zero-order valence-corrected chi connectivity index (χ0v) is 11.6. The Bertz CT molecular complexity index is 689. The van der Waals surface area contributed by atoms with Crippen LogP contribution >= 0.6 is 0 Å². The molecule has 0 saturated carbocycles. The molecule has 1 aromatic carbocycles. The van der Waals surface area contributed by atoms with Crippen LogP contribution in [0.1, 0.15) is 18.9 Å². The summed E-state index contributed by atoms with van der Waals surface area (Å²) in [6, 6.07) is 12.4. The smallest absolute Gasteiger partial charge is 0.128 e. The molecule has 0 N–H and O–H groups in total. The molecule has 0 amide bonds.